The minimum Gasteiger partial charge on any atom is -0.369 e. The van der Waals surface area contributed by atoms with Gasteiger partial charge in [0.25, 0.3) is 0 Å². The van der Waals surface area contributed by atoms with Crippen LogP contribution in [0.5, 0.6) is 0 Å². The number of hydrogen-bond acceptors (Lipinski definition) is 4. The number of nitrogens with zero attached hydrogens (tertiary/aromatic N) is 2. The van der Waals surface area contributed by atoms with Crippen molar-refractivity contribution in [2.24, 2.45) is 0 Å². The molecule has 4 heteroatoms. The van der Waals surface area contributed by atoms with Crippen LogP contribution < -0.4 is 5.32 Å². The highest BCUT2D eigenvalue weighted by Gasteiger charge is 1.90. The molecule has 0 amide bonds. The van der Waals surface area contributed by atoms with Crippen LogP contribution in [0.25, 0.3) is 0 Å². The Balaban J connectivity index is 2.16. The van der Waals surface area contributed by atoms with Crippen molar-refractivity contribution < 1.29 is 0 Å². The van der Waals surface area contributed by atoms with E-state index in [1.807, 2.05) is 11.8 Å². The first-order valence-corrected chi connectivity index (χ1v) is 5.31. The molecule has 0 aliphatic rings. The Labute approximate surface area is 77.0 Å². The fraction of sp³-hybridized carbons (Fsp3) is 0.500. The van der Waals surface area contributed by atoms with Gasteiger partial charge >= 0.3 is 0 Å². The molecule has 1 heterocycles. The van der Waals surface area contributed by atoms with E-state index in [1.54, 1.807) is 18.6 Å². The van der Waals surface area contributed by atoms with Crippen molar-refractivity contribution in [1.29, 1.82) is 0 Å². The molecule has 0 bridgehead atoms. The fourth-order valence-electron chi connectivity index (χ4n) is 0.823. The lowest BCUT2D eigenvalue weighted by atomic mass is 10.5. The standard InChI is InChI=1S/C8H13N3S/c1-12-6-2-3-10-8-7-9-4-5-11-8/h4-5,7H,2-3,6H2,1H3,(H,10,11). The molecule has 0 saturated heterocycles. The highest BCUT2D eigenvalue weighted by Crippen LogP contribution is 1.99. The van der Waals surface area contributed by atoms with E-state index in [9.17, 15) is 0 Å². The number of rotatable bonds is 5. The lowest BCUT2D eigenvalue weighted by Crippen LogP contribution is -2.03. The summed E-state index contributed by atoms with van der Waals surface area (Å²) in [6.07, 6.45) is 8.38. The summed E-state index contributed by atoms with van der Waals surface area (Å²) in [4.78, 5) is 8.05. The summed E-state index contributed by atoms with van der Waals surface area (Å²) in [5, 5.41) is 3.19. The van der Waals surface area contributed by atoms with Gasteiger partial charge < -0.3 is 5.32 Å². The van der Waals surface area contributed by atoms with Gasteiger partial charge in [-0.2, -0.15) is 11.8 Å². The van der Waals surface area contributed by atoms with Crippen LogP contribution in [0.3, 0.4) is 0 Å². The summed E-state index contributed by atoms with van der Waals surface area (Å²) >= 11 is 1.86. The molecule has 0 aliphatic heterocycles. The summed E-state index contributed by atoms with van der Waals surface area (Å²) < 4.78 is 0. The van der Waals surface area contributed by atoms with Crippen molar-refractivity contribution in [2.75, 3.05) is 23.9 Å². The molecular weight excluding hydrogens is 170 g/mol. The molecule has 0 unspecified atom stereocenters. The predicted molar refractivity (Wildman–Crippen MR) is 53.5 cm³/mol. The van der Waals surface area contributed by atoms with Crippen molar-refractivity contribution in [3.8, 4) is 0 Å². The van der Waals surface area contributed by atoms with Gasteiger partial charge in [0.05, 0.1) is 6.20 Å². The number of thioether (sulfide) groups is 1. The number of aromatic nitrogens is 2. The van der Waals surface area contributed by atoms with E-state index in [4.69, 9.17) is 0 Å². The van der Waals surface area contributed by atoms with Crippen LogP contribution in [0.15, 0.2) is 18.6 Å². The molecule has 12 heavy (non-hydrogen) atoms. The van der Waals surface area contributed by atoms with Crippen molar-refractivity contribution in [3.05, 3.63) is 18.6 Å². The molecule has 1 rings (SSSR count). The predicted octanol–water partition coefficient (Wildman–Crippen LogP) is 1.64. The fourth-order valence-corrected chi connectivity index (χ4v) is 1.26. The minimum absolute atomic E-state index is 0.860. The van der Waals surface area contributed by atoms with Gasteiger partial charge in [0, 0.05) is 18.9 Å². The van der Waals surface area contributed by atoms with E-state index in [-0.39, 0.29) is 0 Å². The topological polar surface area (TPSA) is 37.8 Å². The molecule has 0 aromatic carbocycles. The first-order valence-electron chi connectivity index (χ1n) is 3.92. The third-order valence-electron chi connectivity index (χ3n) is 1.39. The van der Waals surface area contributed by atoms with E-state index in [2.05, 4.69) is 21.5 Å². The van der Waals surface area contributed by atoms with E-state index in [0.717, 1.165) is 18.8 Å². The highest BCUT2D eigenvalue weighted by atomic mass is 32.2. The Morgan fingerprint density at radius 3 is 3.08 bits per heavy atom. The quantitative estimate of drug-likeness (QED) is 0.704. The van der Waals surface area contributed by atoms with E-state index in [1.165, 1.54) is 5.75 Å². The minimum atomic E-state index is 0.860. The van der Waals surface area contributed by atoms with Gasteiger partial charge in [0.1, 0.15) is 5.82 Å². The molecule has 0 radical (unpaired) electrons. The second-order valence-electron chi connectivity index (χ2n) is 2.36. The number of hydrogen-bond donors (Lipinski definition) is 1. The maximum atomic E-state index is 4.10. The Hall–Kier alpha value is -0.770. The summed E-state index contributed by atoms with van der Waals surface area (Å²) in [6.45, 7) is 0.972. The van der Waals surface area contributed by atoms with Crippen LogP contribution in [-0.2, 0) is 0 Å². The van der Waals surface area contributed by atoms with Crippen LogP contribution in [0.4, 0.5) is 5.82 Å². The summed E-state index contributed by atoms with van der Waals surface area (Å²) in [7, 11) is 0. The van der Waals surface area contributed by atoms with E-state index in [0.29, 0.717) is 0 Å². The molecule has 3 nitrogen and oxygen atoms in total. The molecule has 66 valence electrons. The second-order valence-corrected chi connectivity index (χ2v) is 3.35. The van der Waals surface area contributed by atoms with Crippen molar-refractivity contribution in [1.82, 2.24) is 9.97 Å². The maximum absolute atomic E-state index is 4.10. The first-order chi connectivity index (χ1) is 5.93. The van der Waals surface area contributed by atoms with Crippen LogP contribution in [0.2, 0.25) is 0 Å². The third-order valence-corrected chi connectivity index (χ3v) is 2.09. The summed E-state index contributed by atoms with van der Waals surface area (Å²) in [5.74, 6) is 2.05. The molecule has 1 aromatic heterocycles. The largest absolute Gasteiger partial charge is 0.369 e. The van der Waals surface area contributed by atoms with Crippen LogP contribution in [0.1, 0.15) is 6.42 Å². The molecule has 0 atom stereocenters. The average Bonchev–Trinajstić information content (AvgIpc) is 2.14. The summed E-state index contributed by atoms with van der Waals surface area (Å²) in [6, 6.07) is 0. The molecule has 0 aliphatic carbocycles. The zero-order chi connectivity index (χ0) is 8.65. The molecule has 0 saturated carbocycles. The Bertz CT molecular complexity index is 203. The lowest BCUT2D eigenvalue weighted by Gasteiger charge is -2.02. The molecular formula is C8H13N3S. The van der Waals surface area contributed by atoms with E-state index < -0.39 is 0 Å². The number of nitrogens with one attached hydrogen (secondary N) is 1. The summed E-state index contributed by atoms with van der Waals surface area (Å²) in [5.41, 5.74) is 0. The van der Waals surface area contributed by atoms with Gasteiger partial charge in [-0.25, -0.2) is 4.98 Å². The Kier molecular flexibility index (Phi) is 4.52. The molecule has 1 N–H and O–H groups in total. The van der Waals surface area contributed by atoms with Crippen LogP contribution in [-0.4, -0.2) is 28.5 Å². The van der Waals surface area contributed by atoms with Crippen molar-refractivity contribution in [3.63, 3.8) is 0 Å². The van der Waals surface area contributed by atoms with Gasteiger partial charge in [0.2, 0.25) is 0 Å². The Morgan fingerprint density at radius 2 is 2.42 bits per heavy atom. The van der Waals surface area contributed by atoms with Gasteiger partial charge in [-0.1, -0.05) is 0 Å². The van der Waals surface area contributed by atoms with Crippen LogP contribution in [0, 0.1) is 0 Å². The Morgan fingerprint density at radius 1 is 1.50 bits per heavy atom. The number of anilines is 1. The highest BCUT2D eigenvalue weighted by molar-refractivity contribution is 7.98. The third kappa shape index (κ3) is 3.57. The smallest absolute Gasteiger partial charge is 0.144 e. The van der Waals surface area contributed by atoms with Gasteiger partial charge in [-0.3, -0.25) is 4.98 Å². The average molecular weight is 183 g/mol. The van der Waals surface area contributed by atoms with Crippen molar-refractivity contribution >= 4 is 17.6 Å². The molecule has 0 spiro atoms. The van der Waals surface area contributed by atoms with Gasteiger partial charge in [-0.05, 0) is 18.4 Å². The zero-order valence-corrected chi connectivity index (χ0v) is 7.97. The van der Waals surface area contributed by atoms with Crippen LogP contribution >= 0.6 is 11.8 Å². The monoisotopic (exact) mass is 183 g/mol. The second kappa shape index (κ2) is 5.83. The first kappa shape index (κ1) is 9.32. The van der Waals surface area contributed by atoms with E-state index >= 15 is 0 Å². The maximum Gasteiger partial charge on any atom is 0.144 e. The lowest BCUT2D eigenvalue weighted by molar-refractivity contribution is 0.976. The molecule has 1 aromatic rings. The van der Waals surface area contributed by atoms with Crippen molar-refractivity contribution in [2.45, 2.75) is 6.42 Å². The molecule has 0 fully saturated rings. The van der Waals surface area contributed by atoms with Gasteiger partial charge in [0.15, 0.2) is 0 Å². The van der Waals surface area contributed by atoms with Gasteiger partial charge in [-0.15, -0.1) is 0 Å². The SMILES string of the molecule is CSCCCNc1cnccn1. The normalized spacial score (nSPS) is 9.75. The zero-order valence-electron chi connectivity index (χ0n) is 7.16.